The maximum Gasteiger partial charge on any atom is -0.00773 e. The van der Waals surface area contributed by atoms with Crippen molar-refractivity contribution in [1.29, 1.82) is 0 Å². The standard InChI is InChI=1S/C3H8N/c1-2-3-4/h1-4H2. The molecule has 0 rings (SSSR count). The van der Waals surface area contributed by atoms with E-state index < -0.39 is 0 Å². The van der Waals surface area contributed by atoms with Gasteiger partial charge < -0.3 is 5.73 Å². The van der Waals surface area contributed by atoms with Crippen LogP contribution in [0.3, 0.4) is 0 Å². The average Bonchev–Trinajstić information content (AvgIpc) is 1.37. The van der Waals surface area contributed by atoms with Crippen molar-refractivity contribution in [1.82, 2.24) is 0 Å². The van der Waals surface area contributed by atoms with Gasteiger partial charge in [0.05, 0.1) is 0 Å². The van der Waals surface area contributed by atoms with Gasteiger partial charge in [0.1, 0.15) is 0 Å². The molecule has 2 N–H and O–H groups in total. The first-order chi connectivity index (χ1) is 1.91. The van der Waals surface area contributed by atoms with Crippen molar-refractivity contribution in [2.75, 3.05) is 6.54 Å². The SMILES string of the molecule is [CH2]CCN. The van der Waals surface area contributed by atoms with Gasteiger partial charge in [-0.05, 0) is 13.0 Å². The van der Waals surface area contributed by atoms with Crippen molar-refractivity contribution in [2.45, 2.75) is 6.42 Å². The Balaban J connectivity index is 1.97. The van der Waals surface area contributed by atoms with Crippen LogP contribution in [0.5, 0.6) is 0 Å². The van der Waals surface area contributed by atoms with Crippen molar-refractivity contribution in [3.63, 3.8) is 0 Å². The number of nitrogens with two attached hydrogens (primary N) is 1. The molecule has 0 bridgehead atoms. The summed E-state index contributed by atoms with van der Waals surface area (Å²) in [5.41, 5.74) is 4.97. The van der Waals surface area contributed by atoms with Crippen LogP contribution >= 0.6 is 0 Å². The third kappa shape index (κ3) is 1.96. The lowest BCUT2D eigenvalue weighted by atomic mass is 10.5. The first kappa shape index (κ1) is 3.96. The van der Waals surface area contributed by atoms with Gasteiger partial charge in [-0.3, -0.25) is 0 Å². The second kappa shape index (κ2) is 2.96. The fourth-order valence-electron chi connectivity index (χ4n) is 0. The van der Waals surface area contributed by atoms with Crippen molar-refractivity contribution >= 4 is 0 Å². The normalized spacial score (nSPS) is 7.50. The molecule has 0 aromatic rings. The van der Waals surface area contributed by atoms with Crippen LogP contribution in [0.4, 0.5) is 0 Å². The highest BCUT2D eigenvalue weighted by Crippen LogP contribution is 1.55. The molecule has 1 nitrogen and oxygen atoms in total. The lowest BCUT2D eigenvalue weighted by molar-refractivity contribution is 1.01. The molecule has 0 heterocycles. The van der Waals surface area contributed by atoms with Gasteiger partial charge in [-0.25, -0.2) is 0 Å². The Morgan fingerprint density at radius 3 is 2.00 bits per heavy atom. The van der Waals surface area contributed by atoms with Crippen molar-refractivity contribution in [2.24, 2.45) is 5.73 Å². The Morgan fingerprint density at radius 2 is 2.00 bits per heavy atom. The van der Waals surface area contributed by atoms with Crippen molar-refractivity contribution in [3.05, 3.63) is 6.92 Å². The number of hydrogen-bond acceptors (Lipinski definition) is 1. The average molecular weight is 58.1 g/mol. The van der Waals surface area contributed by atoms with E-state index in [1.54, 1.807) is 0 Å². The smallest absolute Gasteiger partial charge is 0.00773 e. The predicted octanol–water partition coefficient (Wildman–Crippen LogP) is 0.169. The van der Waals surface area contributed by atoms with Gasteiger partial charge in [0.2, 0.25) is 0 Å². The van der Waals surface area contributed by atoms with E-state index in [4.69, 9.17) is 5.73 Å². The Kier molecular flexibility index (Phi) is 2.93. The molecule has 0 aliphatic heterocycles. The van der Waals surface area contributed by atoms with E-state index in [0.29, 0.717) is 6.54 Å². The monoisotopic (exact) mass is 58.1 g/mol. The van der Waals surface area contributed by atoms with E-state index in [-0.39, 0.29) is 0 Å². The van der Waals surface area contributed by atoms with Gasteiger partial charge in [-0.1, -0.05) is 6.92 Å². The summed E-state index contributed by atoms with van der Waals surface area (Å²) in [5.74, 6) is 0. The molecule has 0 saturated heterocycles. The number of hydrogen-bond donors (Lipinski definition) is 1. The molecule has 25 valence electrons. The topological polar surface area (TPSA) is 26.0 Å². The zero-order chi connectivity index (χ0) is 3.41. The molecule has 4 heavy (non-hydrogen) atoms. The predicted molar refractivity (Wildman–Crippen MR) is 19.0 cm³/mol. The first-order valence-electron chi connectivity index (χ1n) is 1.41. The van der Waals surface area contributed by atoms with Crippen LogP contribution in [-0.4, -0.2) is 6.54 Å². The maximum atomic E-state index is 4.97. The molecule has 0 aliphatic rings. The Hall–Kier alpha value is -0.0400. The van der Waals surface area contributed by atoms with E-state index in [1.165, 1.54) is 0 Å². The van der Waals surface area contributed by atoms with Gasteiger partial charge in [-0.2, -0.15) is 0 Å². The summed E-state index contributed by atoms with van der Waals surface area (Å²) in [4.78, 5) is 0. The van der Waals surface area contributed by atoms with Crippen LogP contribution in [0.15, 0.2) is 0 Å². The molecule has 0 aromatic carbocycles. The minimum Gasteiger partial charge on any atom is -0.330 e. The Labute approximate surface area is 26.8 Å². The molecule has 1 radical (unpaired) electrons. The highest BCUT2D eigenvalue weighted by molar-refractivity contribution is 4.33. The van der Waals surface area contributed by atoms with Gasteiger partial charge >= 0.3 is 0 Å². The summed E-state index contributed by atoms with van der Waals surface area (Å²) >= 11 is 0. The lowest BCUT2D eigenvalue weighted by Gasteiger charge is -1.70. The van der Waals surface area contributed by atoms with Crippen LogP contribution in [0.2, 0.25) is 0 Å². The molecule has 0 aromatic heterocycles. The minimum absolute atomic E-state index is 0.708. The van der Waals surface area contributed by atoms with Crippen molar-refractivity contribution < 1.29 is 0 Å². The van der Waals surface area contributed by atoms with Crippen LogP contribution in [0.25, 0.3) is 0 Å². The van der Waals surface area contributed by atoms with Gasteiger partial charge in [0.25, 0.3) is 0 Å². The third-order valence-electron chi connectivity index (χ3n) is 0.204. The zero-order valence-electron chi connectivity index (χ0n) is 2.70. The molecule has 0 spiro atoms. The lowest BCUT2D eigenvalue weighted by Crippen LogP contribution is -1.93. The molecule has 1 heteroatoms. The van der Waals surface area contributed by atoms with Crippen molar-refractivity contribution in [3.8, 4) is 0 Å². The zero-order valence-corrected chi connectivity index (χ0v) is 2.70. The summed E-state index contributed by atoms with van der Waals surface area (Å²) in [6.45, 7) is 4.19. The maximum absolute atomic E-state index is 4.97. The Morgan fingerprint density at radius 1 is 1.75 bits per heavy atom. The van der Waals surface area contributed by atoms with Crippen LogP contribution in [-0.2, 0) is 0 Å². The third-order valence-corrected chi connectivity index (χ3v) is 0.204. The van der Waals surface area contributed by atoms with E-state index in [0.717, 1.165) is 6.42 Å². The molecule has 0 aliphatic carbocycles. The summed E-state index contributed by atoms with van der Waals surface area (Å²) in [6.07, 6.45) is 0.847. The number of rotatable bonds is 1. The molecule has 0 unspecified atom stereocenters. The molecular weight excluding hydrogens is 50.0 g/mol. The van der Waals surface area contributed by atoms with Gasteiger partial charge in [0.15, 0.2) is 0 Å². The second-order valence-electron chi connectivity index (χ2n) is 0.642. The van der Waals surface area contributed by atoms with E-state index in [9.17, 15) is 0 Å². The molecule has 0 amide bonds. The van der Waals surface area contributed by atoms with Crippen LogP contribution in [0.1, 0.15) is 6.42 Å². The van der Waals surface area contributed by atoms with E-state index in [2.05, 4.69) is 6.92 Å². The van der Waals surface area contributed by atoms with E-state index >= 15 is 0 Å². The van der Waals surface area contributed by atoms with Crippen LogP contribution in [0, 0.1) is 6.92 Å². The summed E-state index contributed by atoms with van der Waals surface area (Å²) in [5, 5.41) is 0. The molecule has 0 saturated carbocycles. The van der Waals surface area contributed by atoms with Crippen LogP contribution < -0.4 is 5.73 Å². The van der Waals surface area contributed by atoms with Gasteiger partial charge in [-0.15, -0.1) is 0 Å². The Bertz CT molecular complexity index is 5.25. The highest BCUT2D eigenvalue weighted by atomic mass is 14.5. The molecular formula is C3H8N. The first-order valence-corrected chi connectivity index (χ1v) is 1.41. The largest absolute Gasteiger partial charge is 0.330 e. The van der Waals surface area contributed by atoms with E-state index in [1.807, 2.05) is 0 Å². The molecule has 0 fully saturated rings. The van der Waals surface area contributed by atoms with Gasteiger partial charge in [0, 0.05) is 0 Å². The fraction of sp³-hybridized carbons (Fsp3) is 0.667. The second-order valence-corrected chi connectivity index (χ2v) is 0.642. The fourth-order valence-corrected chi connectivity index (χ4v) is 0. The highest BCUT2D eigenvalue weighted by Gasteiger charge is 1.55. The summed E-state index contributed by atoms with van der Waals surface area (Å²) in [7, 11) is 0. The molecule has 0 atom stereocenters. The summed E-state index contributed by atoms with van der Waals surface area (Å²) in [6, 6.07) is 0. The summed E-state index contributed by atoms with van der Waals surface area (Å²) < 4.78 is 0. The quantitative estimate of drug-likeness (QED) is 0.457. The minimum atomic E-state index is 0.708.